The van der Waals surface area contributed by atoms with E-state index in [1.165, 1.54) is 0 Å². The smallest absolute Gasteiger partial charge is 0.227 e. The lowest BCUT2D eigenvalue weighted by Gasteiger charge is -2.11. The first kappa shape index (κ1) is 16.1. The zero-order chi connectivity index (χ0) is 16.8. The molecule has 0 aliphatic carbocycles. The Bertz CT molecular complexity index is 722. The molecule has 0 radical (unpaired) electrons. The highest BCUT2D eigenvalue weighted by Gasteiger charge is 2.34. The van der Waals surface area contributed by atoms with Crippen LogP contribution in [0.15, 0.2) is 12.3 Å². The number of halogens is 9. The molecule has 0 aliphatic heterocycles. The topological polar surface area (TPSA) is 12.9 Å². The predicted molar refractivity (Wildman–Crippen MR) is 54.4 cm³/mol. The Balaban J connectivity index is 2.83. The van der Waals surface area contributed by atoms with Gasteiger partial charge >= 0.3 is 6.18 Å². The zero-order valence-electron chi connectivity index (χ0n) is 10.0. The highest BCUT2D eigenvalue weighted by atomic mass is 19.4. The van der Waals surface area contributed by atoms with E-state index in [0.29, 0.717) is 0 Å². The van der Waals surface area contributed by atoms with E-state index in [-0.39, 0.29) is 12.3 Å². The first-order chi connectivity index (χ1) is 10.1. The summed E-state index contributed by atoms with van der Waals surface area (Å²) in [6.45, 7) is 0. The van der Waals surface area contributed by atoms with Gasteiger partial charge in [0, 0.05) is 11.8 Å². The van der Waals surface area contributed by atoms with E-state index in [0.717, 1.165) is 0 Å². The number of rotatable bonds is 1. The van der Waals surface area contributed by atoms with E-state index in [1.807, 2.05) is 0 Å². The van der Waals surface area contributed by atoms with Gasteiger partial charge < -0.3 is 0 Å². The number of pyridine rings is 1. The van der Waals surface area contributed by atoms with Crippen LogP contribution in [0.1, 0.15) is 5.56 Å². The standard InChI is InChI=1S/C12H2F9N/c13-6-5(7(14)9(16)10(17)8(6)15)4-1-3(12(19,20)21)2-22-11(4)18/h1-2H. The lowest BCUT2D eigenvalue weighted by atomic mass is 10.0. The van der Waals surface area contributed by atoms with Gasteiger partial charge in [0.25, 0.3) is 0 Å². The minimum Gasteiger partial charge on any atom is -0.227 e. The van der Waals surface area contributed by atoms with Gasteiger partial charge in [-0.1, -0.05) is 0 Å². The molecule has 0 saturated heterocycles. The van der Waals surface area contributed by atoms with Crippen molar-refractivity contribution in [2.75, 3.05) is 0 Å². The summed E-state index contributed by atoms with van der Waals surface area (Å²) >= 11 is 0. The molecule has 1 nitrogen and oxygen atoms in total. The Morgan fingerprint density at radius 1 is 0.727 bits per heavy atom. The third-order valence-electron chi connectivity index (χ3n) is 2.65. The Morgan fingerprint density at radius 2 is 1.18 bits per heavy atom. The fraction of sp³-hybridized carbons (Fsp3) is 0.0833. The quantitative estimate of drug-likeness (QED) is 0.322. The molecule has 118 valence electrons. The second-order valence-electron chi connectivity index (χ2n) is 4.01. The van der Waals surface area contributed by atoms with Crippen molar-refractivity contribution in [1.82, 2.24) is 4.98 Å². The summed E-state index contributed by atoms with van der Waals surface area (Å²) in [7, 11) is 0. The molecule has 10 heteroatoms. The van der Waals surface area contributed by atoms with Gasteiger partial charge in [-0.3, -0.25) is 0 Å². The van der Waals surface area contributed by atoms with Crippen molar-refractivity contribution in [2.45, 2.75) is 6.18 Å². The Labute approximate surface area is 116 Å². The van der Waals surface area contributed by atoms with Crippen LogP contribution in [-0.2, 0) is 6.18 Å². The molecule has 0 atom stereocenters. The minimum atomic E-state index is -5.06. The summed E-state index contributed by atoms with van der Waals surface area (Å²) in [5.41, 5.74) is -4.94. The molecule has 0 N–H and O–H groups in total. The average Bonchev–Trinajstić information content (AvgIpc) is 2.44. The van der Waals surface area contributed by atoms with Gasteiger partial charge in [-0.15, -0.1) is 0 Å². The predicted octanol–water partition coefficient (Wildman–Crippen LogP) is 4.60. The second-order valence-corrected chi connectivity index (χ2v) is 4.01. The number of alkyl halides is 3. The zero-order valence-corrected chi connectivity index (χ0v) is 10.0. The fourth-order valence-electron chi connectivity index (χ4n) is 1.62. The van der Waals surface area contributed by atoms with Crippen molar-refractivity contribution >= 4 is 0 Å². The molecule has 0 saturated carbocycles. The summed E-state index contributed by atoms with van der Waals surface area (Å²) in [4.78, 5) is 2.63. The maximum atomic E-state index is 13.5. The minimum absolute atomic E-state index is 0.0187. The van der Waals surface area contributed by atoms with Gasteiger partial charge in [-0.05, 0) is 6.07 Å². The van der Waals surface area contributed by atoms with Gasteiger partial charge in [0.1, 0.15) is 0 Å². The van der Waals surface area contributed by atoms with Gasteiger partial charge in [0.2, 0.25) is 11.8 Å². The van der Waals surface area contributed by atoms with E-state index >= 15 is 0 Å². The number of hydrogen-bond donors (Lipinski definition) is 0. The van der Waals surface area contributed by atoms with Crippen molar-refractivity contribution in [3.05, 3.63) is 52.9 Å². The summed E-state index contributed by atoms with van der Waals surface area (Å²) in [6.07, 6.45) is -5.04. The number of nitrogens with zero attached hydrogens (tertiary/aromatic N) is 1. The van der Waals surface area contributed by atoms with Gasteiger partial charge in [-0.25, -0.2) is 26.9 Å². The largest absolute Gasteiger partial charge is 0.417 e. The molecular formula is C12H2F9N. The summed E-state index contributed by atoms with van der Waals surface area (Å²) in [5.74, 6) is -14.1. The van der Waals surface area contributed by atoms with E-state index in [4.69, 9.17) is 0 Å². The maximum Gasteiger partial charge on any atom is 0.417 e. The lowest BCUT2D eigenvalue weighted by molar-refractivity contribution is -0.137. The summed E-state index contributed by atoms with van der Waals surface area (Å²) < 4.78 is 117. The van der Waals surface area contributed by atoms with Crippen LogP contribution < -0.4 is 0 Å². The molecule has 0 fully saturated rings. The lowest BCUT2D eigenvalue weighted by Crippen LogP contribution is -2.09. The first-order valence-electron chi connectivity index (χ1n) is 5.30. The molecular weight excluding hydrogens is 329 g/mol. The van der Waals surface area contributed by atoms with Crippen LogP contribution in [0.2, 0.25) is 0 Å². The van der Waals surface area contributed by atoms with E-state index in [2.05, 4.69) is 4.98 Å². The SMILES string of the molecule is Fc1ncc(C(F)(F)F)cc1-c1c(F)c(F)c(F)c(F)c1F. The Morgan fingerprint density at radius 3 is 1.64 bits per heavy atom. The molecule has 0 amide bonds. The van der Waals surface area contributed by atoms with Crippen LogP contribution in [0.4, 0.5) is 39.5 Å². The number of benzene rings is 1. The molecule has 2 rings (SSSR count). The van der Waals surface area contributed by atoms with Crippen molar-refractivity contribution in [1.29, 1.82) is 0 Å². The molecule has 1 aromatic heterocycles. The molecule has 0 spiro atoms. The van der Waals surface area contributed by atoms with E-state index in [1.54, 1.807) is 0 Å². The third-order valence-corrected chi connectivity index (χ3v) is 2.65. The molecule has 22 heavy (non-hydrogen) atoms. The highest BCUT2D eigenvalue weighted by Crippen LogP contribution is 2.36. The van der Waals surface area contributed by atoms with Crippen LogP contribution in [0.25, 0.3) is 11.1 Å². The van der Waals surface area contributed by atoms with E-state index in [9.17, 15) is 39.5 Å². The number of aromatic nitrogens is 1. The maximum absolute atomic E-state index is 13.5. The number of hydrogen-bond acceptors (Lipinski definition) is 1. The molecule has 1 heterocycles. The molecule has 0 bridgehead atoms. The molecule has 0 aliphatic rings. The Kier molecular flexibility index (Phi) is 3.80. The van der Waals surface area contributed by atoms with Gasteiger partial charge in [-0.2, -0.15) is 17.6 Å². The van der Waals surface area contributed by atoms with Crippen molar-refractivity contribution in [2.24, 2.45) is 0 Å². The van der Waals surface area contributed by atoms with Crippen LogP contribution in [0.3, 0.4) is 0 Å². The first-order valence-corrected chi connectivity index (χ1v) is 5.30. The second kappa shape index (κ2) is 5.18. The van der Waals surface area contributed by atoms with Crippen LogP contribution >= 0.6 is 0 Å². The van der Waals surface area contributed by atoms with E-state index < -0.39 is 57.9 Å². The molecule has 2 aromatic rings. The van der Waals surface area contributed by atoms with Crippen molar-refractivity contribution in [3.8, 4) is 11.1 Å². The average molecular weight is 331 g/mol. The van der Waals surface area contributed by atoms with Crippen molar-refractivity contribution < 1.29 is 39.5 Å². The van der Waals surface area contributed by atoms with Gasteiger partial charge in [0.05, 0.1) is 11.1 Å². The van der Waals surface area contributed by atoms with Crippen molar-refractivity contribution in [3.63, 3.8) is 0 Å². The highest BCUT2D eigenvalue weighted by molar-refractivity contribution is 5.66. The van der Waals surface area contributed by atoms with Crippen LogP contribution in [0, 0.1) is 35.0 Å². The summed E-state index contributed by atoms with van der Waals surface area (Å²) in [5, 5.41) is 0. The summed E-state index contributed by atoms with van der Waals surface area (Å²) in [6, 6.07) is -0.0966. The van der Waals surface area contributed by atoms with Crippen LogP contribution in [0.5, 0.6) is 0 Å². The van der Waals surface area contributed by atoms with Crippen LogP contribution in [-0.4, -0.2) is 4.98 Å². The monoisotopic (exact) mass is 331 g/mol. The fourth-order valence-corrected chi connectivity index (χ4v) is 1.62. The Hall–Kier alpha value is -2.26. The molecule has 1 aromatic carbocycles. The molecule has 0 unspecified atom stereocenters. The van der Waals surface area contributed by atoms with Gasteiger partial charge in [0.15, 0.2) is 23.3 Å². The third kappa shape index (κ3) is 2.48. The normalized spacial score (nSPS) is 11.9.